The van der Waals surface area contributed by atoms with Gasteiger partial charge in [0.15, 0.2) is 0 Å². The third-order valence-corrected chi connectivity index (χ3v) is 5.34. The highest BCUT2D eigenvalue weighted by Gasteiger charge is 2.23. The standard InChI is InChI=1S/C18H19ClFN3O3S/c1-12-16(19)5-4-6-17(12)23(27(3,25)26)11-18(24)22-21-13(2)14-7-9-15(20)10-8-14/h4-10H,11H2,1-3H3,(H,22,24)/b21-13-. The molecule has 0 aliphatic heterocycles. The van der Waals surface area contributed by atoms with Gasteiger partial charge in [0, 0.05) is 5.02 Å². The number of carbonyl (C=O) groups is 1. The summed E-state index contributed by atoms with van der Waals surface area (Å²) in [7, 11) is -3.72. The Morgan fingerprint density at radius 1 is 1.22 bits per heavy atom. The molecule has 2 rings (SSSR count). The van der Waals surface area contributed by atoms with Gasteiger partial charge in [-0.05, 0) is 49.2 Å². The topological polar surface area (TPSA) is 78.8 Å². The molecule has 0 aromatic heterocycles. The third kappa shape index (κ3) is 5.51. The second-order valence-electron chi connectivity index (χ2n) is 5.89. The molecule has 0 saturated heterocycles. The number of hydrazone groups is 1. The lowest BCUT2D eigenvalue weighted by Crippen LogP contribution is -2.39. The van der Waals surface area contributed by atoms with Gasteiger partial charge < -0.3 is 0 Å². The number of rotatable bonds is 6. The van der Waals surface area contributed by atoms with E-state index in [2.05, 4.69) is 10.5 Å². The van der Waals surface area contributed by atoms with Gasteiger partial charge in [-0.25, -0.2) is 18.2 Å². The van der Waals surface area contributed by atoms with Gasteiger partial charge in [-0.15, -0.1) is 0 Å². The number of amides is 1. The van der Waals surface area contributed by atoms with Crippen LogP contribution in [-0.2, 0) is 14.8 Å². The van der Waals surface area contributed by atoms with Crippen molar-refractivity contribution in [3.8, 4) is 0 Å². The number of nitrogens with one attached hydrogen (secondary N) is 1. The quantitative estimate of drug-likeness (QED) is 0.586. The minimum atomic E-state index is -3.72. The van der Waals surface area contributed by atoms with E-state index in [1.54, 1.807) is 32.0 Å². The summed E-state index contributed by atoms with van der Waals surface area (Å²) in [6, 6.07) is 10.4. The predicted molar refractivity (Wildman–Crippen MR) is 105 cm³/mol. The van der Waals surface area contributed by atoms with Crippen molar-refractivity contribution in [1.29, 1.82) is 0 Å². The van der Waals surface area contributed by atoms with E-state index in [0.29, 0.717) is 27.5 Å². The molecule has 0 bridgehead atoms. The molecule has 2 aromatic rings. The van der Waals surface area contributed by atoms with E-state index >= 15 is 0 Å². The zero-order valence-corrected chi connectivity index (χ0v) is 16.6. The average molecular weight is 412 g/mol. The van der Waals surface area contributed by atoms with Crippen molar-refractivity contribution in [1.82, 2.24) is 5.43 Å². The Kier molecular flexibility index (Phi) is 6.56. The SMILES string of the molecule is C/C(=N/NC(=O)CN(c1cccc(Cl)c1C)S(C)(=O)=O)c1ccc(F)cc1. The number of benzene rings is 2. The monoisotopic (exact) mass is 411 g/mol. The van der Waals surface area contributed by atoms with Crippen LogP contribution in [0.3, 0.4) is 0 Å². The molecule has 27 heavy (non-hydrogen) atoms. The lowest BCUT2D eigenvalue weighted by Gasteiger charge is -2.23. The van der Waals surface area contributed by atoms with Crippen LogP contribution in [0.25, 0.3) is 0 Å². The molecule has 1 N–H and O–H groups in total. The van der Waals surface area contributed by atoms with Crippen LogP contribution in [0.1, 0.15) is 18.1 Å². The summed E-state index contributed by atoms with van der Waals surface area (Å²) in [5, 5.41) is 4.33. The number of carbonyl (C=O) groups excluding carboxylic acids is 1. The lowest BCUT2D eigenvalue weighted by atomic mass is 10.1. The molecule has 2 aromatic carbocycles. The molecular weight excluding hydrogens is 393 g/mol. The van der Waals surface area contributed by atoms with Crippen molar-refractivity contribution in [3.05, 3.63) is 64.4 Å². The van der Waals surface area contributed by atoms with E-state index in [0.717, 1.165) is 10.6 Å². The summed E-state index contributed by atoms with van der Waals surface area (Å²) in [5.41, 5.74) is 4.26. The first-order valence-corrected chi connectivity index (χ1v) is 10.1. The van der Waals surface area contributed by atoms with Crippen molar-refractivity contribution >= 4 is 38.9 Å². The zero-order chi connectivity index (χ0) is 20.2. The molecule has 144 valence electrons. The summed E-state index contributed by atoms with van der Waals surface area (Å²) in [4.78, 5) is 12.2. The van der Waals surface area contributed by atoms with E-state index in [9.17, 15) is 17.6 Å². The van der Waals surface area contributed by atoms with Gasteiger partial charge in [0.2, 0.25) is 10.0 Å². The second-order valence-corrected chi connectivity index (χ2v) is 8.21. The fourth-order valence-electron chi connectivity index (χ4n) is 2.31. The number of halogens is 2. The van der Waals surface area contributed by atoms with Gasteiger partial charge in [0.05, 0.1) is 17.7 Å². The molecule has 1 amide bonds. The minimum absolute atomic E-state index is 0.319. The van der Waals surface area contributed by atoms with Gasteiger partial charge in [-0.1, -0.05) is 29.8 Å². The highest BCUT2D eigenvalue weighted by molar-refractivity contribution is 7.92. The lowest BCUT2D eigenvalue weighted by molar-refractivity contribution is -0.119. The van der Waals surface area contributed by atoms with E-state index in [1.807, 2.05) is 0 Å². The minimum Gasteiger partial charge on any atom is -0.271 e. The molecule has 6 nitrogen and oxygen atoms in total. The van der Waals surface area contributed by atoms with Crippen molar-refractivity contribution < 1.29 is 17.6 Å². The Morgan fingerprint density at radius 2 is 1.85 bits per heavy atom. The van der Waals surface area contributed by atoms with Crippen LogP contribution < -0.4 is 9.73 Å². The Morgan fingerprint density at radius 3 is 2.44 bits per heavy atom. The van der Waals surface area contributed by atoms with Crippen molar-refractivity contribution in [2.24, 2.45) is 5.10 Å². The number of hydrogen-bond acceptors (Lipinski definition) is 4. The molecule has 0 radical (unpaired) electrons. The fraction of sp³-hybridized carbons (Fsp3) is 0.222. The van der Waals surface area contributed by atoms with Crippen LogP contribution in [0.15, 0.2) is 47.6 Å². The van der Waals surface area contributed by atoms with E-state index < -0.39 is 22.5 Å². The molecule has 0 atom stereocenters. The first kappa shape index (κ1) is 20.9. The molecule has 9 heteroatoms. The van der Waals surface area contributed by atoms with Crippen LogP contribution in [-0.4, -0.2) is 32.8 Å². The fourth-order valence-corrected chi connectivity index (χ4v) is 3.39. The molecular formula is C18H19ClFN3O3S. The summed E-state index contributed by atoms with van der Waals surface area (Å²) in [6.45, 7) is 2.85. The first-order valence-electron chi connectivity index (χ1n) is 7.91. The summed E-state index contributed by atoms with van der Waals surface area (Å²) in [6.07, 6.45) is 1.01. The largest absolute Gasteiger partial charge is 0.271 e. The molecule has 0 spiro atoms. The van der Waals surface area contributed by atoms with Crippen LogP contribution >= 0.6 is 11.6 Å². The van der Waals surface area contributed by atoms with Crippen molar-refractivity contribution in [3.63, 3.8) is 0 Å². The Labute approximate surface area is 162 Å². The number of hydrogen-bond donors (Lipinski definition) is 1. The van der Waals surface area contributed by atoms with Gasteiger partial charge in [-0.3, -0.25) is 9.10 Å². The molecule has 0 saturated carbocycles. The average Bonchev–Trinajstić information content (AvgIpc) is 2.60. The predicted octanol–water partition coefficient (Wildman–Crippen LogP) is 3.09. The Bertz CT molecular complexity index is 976. The first-order chi connectivity index (χ1) is 12.6. The van der Waals surface area contributed by atoms with E-state index in [-0.39, 0.29) is 5.82 Å². The summed E-state index contributed by atoms with van der Waals surface area (Å²) < 4.78 is 38.2. The second kappa shape index (κ2) is 8.49. The number of anilines is 1. The van der Waals surface area contributed by atoms with Crippen LogP contribution in [0, 0.1) is 12.7 Å². The molecule has 0 fully saturated rings. The van der Waals surface area contributed by atoms with E-state index in [1.165, 1.54) is 24.3 Å². The molecule has 0 unspecified atom stereocenters. The van der Waals surface area contributed by atoms with Crippen molar-refractivity contribution in [2.75, 3.05) is 17.1 Å². The highest BCUT2D eigenvalue weighted by Crippen LogP contribution is 2.27. The van der Waals surface area contributed by atoms with E-state index in [4.69, 9.17) is 11.6 Å². The summed E-state index contributed by atoms with van der Waals surface area (Å²) in [5.74, 6) is -1.00. The maximum atomic E-state index is 13.0. The number of sulfonamides is 1. The normalized spacial score (nSPS) is 12.0. The summed E-state index contributed by atoms with van der Waals surface area (Å²) >= 11 is 6.06. The van der Waals surface area contributed by atoms with Crippen LogP contribution in [0.2, 0.25) is 5.02 Å². The maximum absolute atomic E-state index is 13.0. The molecule has 0 aliphatic rings. The maximum Gasteiger partial charge on any atom is 0.260 e. The zero-order valence-electron chi connectivity index (χ0n) is 15.0. The Hall–Kier alpha value is -2.45. The Balaban J connectivity index is 2.18. The molecule has 0 heterocycles. The van der Waals surface area contributed by atoms with Crippen molar-refractivity contribution in [2.45, 2.75) is 13.8 Å². The third-order valence-electron chi connectivity index (χ3n) is 3.81. The van der Waals surface area contributed by atoms with Gasteiger partial charge >= 0.3 is 0 Å². The van der Waals surface area contributed by atoms with Gasteiger partial charge in [0.1, 0.15) is 12.4 Å². The smallest absolute Gasteiger partial charge is 0.260 e. The van der Waals surface area contributed by atoms with Gasteiger partial charge in [0.25, 0.3) is 5.91 Å². The molecule has 0 aliphatic carbocycles. The highest BCUT2D eigenvalue weighted by atomic mass is 35.5. The van der Waals surface area contributed by atoms with Crippen LogP contribution in [0.4, 0.5) is 10.1 Å². The van der Waals surface area contributed by atoms with Crippen LogP contribution in [0.5, 0.6) is 0 Å². The van der Waals surface area contributed by atoms with Gasteiger partial charge in [-0.2, -0.15) is 5.10 Å². The number of nitrogens with zero attached hydrogens (tertiary/aromatic N) is 2.